The van der Waals surface area contributed by atoms with Crippen molar-refractivity contribution >= 4 is 19.8 Å². The molecule has 0 aliphatic rings. The molecule has 0 rings (SSSR count). The third kappa shape index (κ3) is 45.5. The van der Waals surface area contributed by atoms with Crippen LogP contribution < -0.4 is 0 Å². The molecule has 0 aromatic rings. The quantitative estimate of drug-likeness (QED) is 0.0279. The van der Waals surface area contributed by atoms with Crippen molar-refractivity contribution in [1.82, 2.24) is 4.90 Å². The maximum absolute atomic E-state index is 12.7. The van der Waals surface area contributed by atoms with Gasteiger partial charge < -0.3 is 19.3 Å². The summed E-state index contributed by atoms with van der Waals surface area (Å²) in [4.78, 5) is 37.0. The van der Waals surface area contributed by atoms with Crippen LogP contribution in [0.25, 0.3) is 0 Å². The highest BCUT2D eigenvalue weighted by molar-refractivity contribution is 7.47. The number of rotatable bonds is 39. The predicted molar refractivity (Wildman–Crippen MR) is 256 cm³/mol. The largest absolute Gasteiger partial charge is 0.472 e. The average molecular weight is 866 g/mol. The van der Waals surface area contributed by atoms with E-state index in [1.54, 1.807) is 4.90 Å². The number of unbranched alkanes of at least 4 members (excludes halogenated alkanes) is 3. The summed E-state index contributed by atoms with van der Waals surface area (Å²) in [6.07, 6.45) is 60.9. The second-order valence-electron chi connectivity index (χ2n) is 14.5. The molecule has 9 nitrogen and oxygen atoms in total. The number of esters is 2. The smallest absolute Gasteiger partial charge is 0.462 e. The zero-order chi connectivity index (χ0) is 44.8. The lowest BCUT2D eigenvalue weighted by Gasteiger charge is -2.20. The number of phosphoric acid groups is 1. The lowest BCUT2D eigenvalue weighted by atomic mass is 10.1. The number of ether oxygens (including phenoxy) is 2. The topological polar surface area (TPSA) is 112 Å². The molecule has 0 saturated heterocycles. The number of likely N-dealkylation sites (N-methyl/N-ethyl adjacent to an activating group) is 1. The molecule has 0 spiro atoms. The van der Waals surface area contributed by atoms with Crippen molar-refractivity contribution in [3.05, 3.63) is 134 Å². The summed E-state index contributed by atoms with van der Waals surface area (Å²) in [5, 5.41) is 0. The maximum atomic E-state index is 12.7. The normalized spacial score (nSPS) is 14.6. The van der Waals surface area contributed by atoms with Crippen LogP contribution >= 0.6 is 7.82 Å². The van der Waals surface area contributed by atoms with Gasteiger partial charge in [0, 0.05) is 19.4 Å². The minimum atomic E-state index is -4.40. The van der Waals surface area contributed by atoms with E-state index in [-0.39, 0.29) is 26.1 Å². The fraction of sp³-hybridized carbons (Fsp3) is 0.529. The Balaban J connectivity index is 4.50. The molecule has 0 heterocycles. The molecule has 0 aliphatic carbocycles. The van der Waals surface area contributed by atoms with Gasteiger partial charge in [-0.15, -0.1) is 0 Å². The van der Waals surface area contributed by atoms with Crippen molar-refractivity contribution < 1.29 is 37.6 Å². The Bertz CT molecular complexity index is 1460. The number of nitrogens with zero attached hydrogens (tertiary/aromatic N) is 1. The van der Waals surface area contributed by atoms with Gasteiger partial charge in [0.15, 0.2) is 6.10 Å². The lowest BCUT2D eigenvalue weighted by Crippen LogP contribution is -2.29. The van der Waals surface area contributed by atoms with Gasteiger partial charge in [-0.3, -0.25) is 18.6 Å². The lowest BCUT2D eigenvalue weighted by molar-refractivity contribution is -0.161. The Labute approximate surface area is 370 Å². The molecule has 2 atom stereocenters. The van der Waals surface area contributed by atoms with Crippen molar-refractivity contribution in [3.63, 3.8) is 0 Å². The molecule has 1 N–H and O–H groups in total. The van der Waals surface area contributed by atoms with Crippen LogP contribution in [0.4, 0.5) is 0 Å². The molecule has 61 heavy (non-hydrogen) atoms. The van der Waals surface area contributed by atoms with Crippen LogP contribution in [0.1, 0.15) is 129 Å². The molecule has 0 aliphatic heterocycles. The number of hydrogen-bond acceptors (Lipinski definition) is 8. The molecule has 10 heteroatoms. The second-order valence-corrected chi connectivity index (χ2v) is 15.9. The molecule has 2 unspecified atom stereocenters. The molecular weight excluding hydrogens is 786 g/mol. The summed E-state index contributed by atoms with van der Waals surface area (Å²) < 4.78 is 33.4. The van der Waals surface area contributed by atoms with Crippen molar-refractivity contribution in [2.45, 2.75) is 136 Å². The van der Waals surface area contributed by atoms with E-state index in [2.05, 4.69) is 135 Å². The highest BCUT2D eigenvalue weighted by Gasteiger charge is 2.26. The Morgan fingerprint density at radius 3 is 1.34 bits per heavy atom. The zero-order valence-electron chi connectivity index (χ0n) is 38.0. The van der Waals surface area contributed by atoms with Gasteiger partial charge in [0.2, 0.25) is 0 Å². The minimum absolute atomic E-state index is 0.0194. The zero-order valence-corrected chi connectivity index (χ0v) is 38.9. The first-order chi connectivity index (χ1) is 29.7. The van der Waals surface area contributed by atoms with E-state index in [0.717, 1.165) is 89.9 Å². The van der Waals surface area contributed by atoms with Crippen LogP contribution in [0.5, 0.6) is 0 Å². The second kappa shape index (κ2) is 44.2. The van der Waals surface area contributed by atoms with Crippen molar-refractivity contribution in [1.29, 1.82) is 0 Å². The van der Waals surface area contributed by atoms with Gasteiger partial charge in [-0.2, -0.15) is 0 Å². The van der Waals surface area contributed by atoms with Crippen molar-refractivity contribution in [3.8, 4) is 0 Å². The van der Waals surface area contributed by atoms with Crippen molar-refractivity contribution in [2.75, 3.05) is 40.5 Å². The Morgan fingerprint density at radius 1 is 0.508 bits per heavy atom. The average Bonchev–Trinajstić information content (AvgIpc) is 3.23. The molecule has 0 amide bonds. The molecule has 0 aromatic heterocycles. The van der Waals surface area contributed by atoms with E-state index in [1.807, 2.05) is 26.2 Å². The highest BCUT2D eigenvalue weighted by Crippen LogP contribution is 2.43. The van der Waals surface area contributed by atoms with Gasteiger partial charge >= 0.3 is 19.8 Å². The Kier molecular flexibility index (Phi) is 41.4. The van der Waals surface area contributed by atoms with Crippen LogP contribution in [0, 0.1) is 0 Å². The van der Waals surface area contributed by atoms with Gasteiger partial charge in [0.1, 0.15) is 6.61 Å². The molecule has 0 bridgehead atoms. The fourth-order valence-electron chi connectivity index (χ4n) is 5.09. The number of hydrogen-bond donors (Lipinski definition) is 1. The maximum Gasteiger partial charge on any atom is 0.472 e. The minimum Gasteiger partial charge on any atom is -0.462 e. The van der Waals surface area contributed by atoms with Gasteiger partial charge in [-0.1, -0.05) is 154 Å². The summed E-state index contributed by atoms with van der Waals surface area (Å²) in [6.45, 7) is 3.93. The molecule has 0 radical (unpaired) electrons. The van der Waals surface area contributed by atoms with E-state index in [0.29, 0.717) is 19.4 Å². The summed E-state index contributed by atoms with van der Waals surface area (Å²) in [5.41, 5.74) is 0. The molecule has 342 valence electrons. The summed E-state index contributed by atoms with van der Waals surface area (Å²) in [6, 6.07) is 0. The standard InChI is InChI=1S/C51H80NO8P/c1-5-7-9-11-13-15-17-19-21-23-25-27-29-31-33-35-37-39-41-43-50(53)57-47-49(48-59-61(55,56)58-46-45-52(3)4)60-51(54)44-42-40-38-36-34-32-30-28-26-24-22-20-18-16-14-12-10-8-6-2/h7-10,13-16,19-22,25-28,31-34,37,39,49H,5-6,11-12,17-18,23-24,29-30,35-36,38,40-48H2,1-4H3,(H,55,56)/b9-7-,10-8-,15-13-,16-14-,21-19-,22-20-,27-25-,28-26-,33-31-,34-32-,39-37-. The van der Waals surface area contributed by atoms with Gasteiger partial charge in [0.25, 0.3) is 0 Å². The number of carbonyl (C=O) groups is 2. The van der Waals surface area contributed by atoms with Crippen LogP contribution in [0.15, 0.2) is 134 Å². The fourth-order valence-corrected chi connectivity index (χ4v) is 5.83. The Morgan fingerprint density at radius 2 is 0.918 bits per heavy atom. The van der Waals surface area contributed by atoms with Crippen LogP contribution in [0.3, 0.4) is 0 Å². The molecule has 0 saturated carbocycles. The summed E-state index contributed by atoms with van der Waals surface area (Å²) in [7, 11) is -0.784. The first-order valence-electron chi connectivity index (χ1n) is 22.5. The van der Waals surface area contributed by atoms with Crippen molar-refractivity contribution in [2.24, 2.45) is 0 Å². The van der Waals surface area contributed by atoms with E-state index >= 15 is 0 Å². The van der Waals surface area contributed by atoms with Gasteiger partial charge in [0.05, 0.1) is 13.2 Å². The Hall–Kier alpha value is -3.85. The van der Waals surface area contributed by atoms with Crippen LogP contribution in [0.2, 0.25) is 0 Å². The van der Waals surface area contributed by atoms with Crippen LogP contribution in [-0.4, -0.2) is 68.3 Å². The third-order valence-electron chi connectivity index (χ3n) is 8.47. The molecular formula is C51H80NO8P. The van der Waals surface area contributed by atoms with Gasteiger partial charge in [-0.05, 0) is 110 Å². The molecule has 0 aromatic carbocycles. The highest BCUT2D eigenvalue weighted by atomic mass is 31.2. The number of carbonyl (C=O) groups excluding carboxylic acids is 2. The van der Waals surface area contributed by atoms with Gasteiger partial charge in [-0.25, -0.2) is 4.57 Å². The van der Waals surface area contributed by atoms with Crippen LogP contribution in [-0.2, 0) is 32.7 Å². The van der Waals surface area contributed by atoms with E-state index < -0.39 is 32.5 Å². The summed E-state index contributed by atoms with van der Waals surface area (Å²) >= 11 is 0. The number of allylic oxidation sites excluding steroid dienone is 22. The SMILES string of the molecule is CC/C=C\C/C=C\C/C=C\C/C=C\C/C=C\C/C=C\CCC(=O)OCC(COP(=O)(O)OCCN(C)C)OC(=O)CCCCC/C=C\C/C=C\C/C=C\C/C=C\C/C=C\CC. The van der Waals surface area contributed by atoms with E-state index in [1.165, 1.54) is 0 Å². The van der Waals surface area contributed by atoms with E-state index in [9.17, 15) is 19.0 Å². The monoisotopic (exact) mass is 866 g/mol. The summed E-state index contributed by atoms with van der Waals surface area (Å²) in [5.74, 6) is -0.955. The predicted octanol–water partition coefficient (Wildman–Crippen LogP) is 13.3. The third-order valence-corrected chi connectivity index (χ3v) is 9.45. The number of phosphoric ester groups is 1. The first kappa shape index (κ1) is 57.1. The molecule has 0 fully saturated rings. The first-order valence-corrected chi connectivity index (χ1v) is 24.0. The van der Waals surface area contributed by atoms with E-state index in [4.69, 9.17) is 18.5 Å².